The Kier molecular flexibility index (Phi) is 4.30. The zero-order chi connectivity index (χ0) is 12.1. The van der Waals surface area contributed by atoms with Crippen LogP contribution < -0.4 is 0 Å². The molecule has 0 saturated carbocycles. The number of hydrogen-bond donors (Lipinski definition) is 0. The Morgan fingerprint density at radius 1 is 1.56 bits per heavy atom. The van der Waals surface area contributed by atoms with Gasteiger partial charge >= 0.3 is 5.97 Å². The summed E-state index contributed by atoms with van der Waals surface area (Å²) >= 11 is 1.32. The fourth-order valence-electron chi connectivity index (χ4n) is 1.26. The lowest BCUT2D eigenvalue weighted by Crippen LogP contribution is -2.06. The number of thioether (sulfide) groups is 1. The summed E-state index contributed by atoms with van der Waals surface area (Å²) in [5.74, 6) is 0.0103. The first kappa shape index (κ1) is 12.5. The van der Waals surface area contributed by atoms with E-state index < -0.39 is 10.9 Å². The first-order valence-corrected chi connectivity index (χ1v) is 5.58. The minimum absolute atomic E-state index is 0.00838. The van der Waals surface area contributed by atoms with E-state index >= 15 is 0 Å². The van der Waals surface area contributed by atoms with Gasteiger partial charge in [-0.05, 0) is 17.9 Å². The summed E-state index contributed by atoms with van der Waals surface area (Å²) in [5.41, 5.74) is -0.188. The standard InChI is InChI=1S/C10H11NO4S/c1-3-16-8-6-4-5-7(10(12)15-2)9(8)11(13)14/h4-6H,3H2,1-2H3. The zero-order valence-corrected chi connectivity index (χ0v) is 9.74. The van der Waals surface area contributed by atoms with Crippen LogP contribution in [0, 0.1) is 10.1 Å². The van der Waals surface area contributed by atoms with Gasteiger partial charge in [-0.1, -0.05) is 13.0 Å². The molecule has 0 aromatic heterocycles. The van der Waals surface area contributed by atoms with Crippen LogP contribution in [0.2, 0.25) is 0 Å². The van der Waals surface area contributed by atoms with Crippen LogP contribution in [-0.2, 0) is 4.74 Å². The highest BCUT2D eigenvalue weighted by molar-refractivity contribution is 7.99. The molecule has 1 rings (SSSR count). The number of carbonyl (C=O) groups is 1. The molecule has 86 valence electrons. The Hall–Kier alpha value is -1.56. The summed E-state index contributed by atoms with van der Waals surface area (Å²) in [6, 6.07) is 4.62. The summed E-state index contributed by atoms with van der Waals surface area (Å²) in [7, 11) is 1.20. The molecule has 1 aromatic carbocycles. The molecule has 0 aliphatic rings. The van der Waals surface area contributed by atoms with Crippen molar-refractivity contribution in [3.8, 4) is 0 Å². The number of nitro groups is 1. The molecule has 0 saturated heterocycles. The Morgan fingerprint density at radius 3 is 2.75 bits per heavy atom. The zero-order valence-electron chi connectivity index (χ0n) is 8.93. The van der Waals surface area contributed by atoms with Gasteiger partial charge in [0.1, 0.15) is 5.56 Å². The van der Waals surface area contributed by atoms with Crippen molar-refractivity contribution in [2.75, 3.05) is 12.9 Å². The van der Waals surface area contributed by atoms with Crippen molar-refractivity contribution in [1.82, 2.24) is 0 Å². The van der Waals surface area contributed by atoms with E-state index in [0.717, 1.165) is 0 Å². The number of benzene rings is 1. The van der Waals surface area contributed by atoms with Gasteiger partial charge in [-0.3, -0.25) is 10.1 Å². The summed E-state index contributed by atoms with van der Waals surface area (Å²) in [4.78, 5) is 22.2. The van der Waals surface area contributed by atoms with Crippen molar-refractivity contribution >= 4 is 23.4 Å². The average Bonchev–Trinajstić information content (AvgIpc) is 2.27. The molecule has 0 bridgehead atoms. The third-order valence-corrected chi connectivity index (χ3v) is 2.82. The highest BCUT2D eigenvalue weighted by Crippen LogP contribution is 2.32. The molecule has 0 unspecified atom stereocenters. The molecule has 0 spiro atoms. The van der Waals surface area contributed by atoms with Gasteiger partial charge < -0.3 is 4.74 Å². The SMILES string of the molecule is CCSc1cccc(C(=O)OC)c1[N+](=O)[O-]. The average molecular weight is 241 g/mol. The van der Waals surface area contributed by atoms with Crippen LogP contribution in [0.4, 0.5) is 5.69 Å². The van der Waals surface area contributed by atoms with Gasteiger partial charge in [0.25, 0.3) is 5.69 Å². The maximum absolute atomic E-state index is 11.4. The van der Waals surface area contributed by atoms with Gasteiger partial charge in [0.15, 0.2) is 0 Å². The van der Waals surface area contributed by atoms with Crippen molar-refractivity contribution in [3.63, 3.8) is 0 Å². The normalized spacial score (nSPS) is 9.88. The summed E-state index contributed by atoms with van der Waals surface area (Å²) < 4.78 is 4.51. The van der Waals surface area contributed by atoms with E-state index in [9.17, 15) is 14.9 Å². The van der Waals surface area contributed by atoms with Gasteiger partial charge in [-0.2, -0.15) is 0 Å². The van der Waals surface area contributed by atoms with Crippen molar-refractivity contribution < 1.29 is 14.5 Å². The van der Waals surface area contributed by atoms with Gasteiger partial charge in [0.2, 0.25) is 0 Å². The third-order valence-electron chi connectivity index (χ3n) is 1.89. The Morgan fingerprint density at radius 2 is 2.25 bits per heavy atom. The lowest BCUT2D eigenvalue weighted by atomic mass is 10.2. The van der Waals surface area contributed by atoms with Crippen LogP contribution in [0.3, 0.4) is 0 Å². The van der Waals surface area contributed by atoms with Gasteiger partial charge in [-0.15, -0.1) is 11.8 Å². The number of para-hydroxylation sites is 1. The number of hydrogen-bond acceptors (Lipinski definition) is 5. The van der Waals surface area contributed by atoms with Crippen molar-refractivity contribution in [2.45, 2.75) is 11.8 Å². The van der Waals surface area contributed by atoms with E-state index in [-0.39, 0.29) is 11.3 Å². The number of nitro benzene ring substituents is 1. The van der Waals surface area contributed by atoms with Crippen molar-refractivity contribution in [1.29, 1.82) is 0 Å². The molecule has 0 fully saturated rings. The van der Waals surface area contributed by atoms with Crippen LogP contribution in [0.5, 0.6) is 0 Å². The van der Waals surface area contributed by atoms with E-state index in [0.29, 0.717) is 10.6 Å². The maximum Gasteiger partial charge on any atom is 0.344 e. The van der Waals surface area contributed by atoms with Crippen LogP contribution >= 0.6 is 11.8 Å². The van der Waals surface area contributed by atoms with Crippen LogP contribution in [0.15, 0.2) is 23.1 Å². The van der Waals surface area contributed by atoms with E-state index in [2.05, 4.69) is 4.74 Å². The minimum Gasteiger partial charge on any atom is -0.465 e. The quantitative estimate of drug-likeness (QED) is 0.350. The fraction of sp³-hybridized carbons (Fsp3) is 0.300. The lowest BCUT2D eigenvalue weighted by molar-refractivity contribution is -0.388. The number of carbonyl (C=O) groups excluding carboxylic acids is 1. The molecular formula is C10H11NO4S. The van der Waals surface area contributed by atoms with Crippen molar-refractivity contribution in [2.24, 2.45) is 0 Å². The van der Waals surface area contributed by atoms with Gasteiger partial charge in [0.05, 0.1) is 16.9 Å². The number of rotatable bonds is 4. The maximum atomic E-state index is 11.4. The molecule has 6 heteroatoms. The molecule has 0 radical (unpaired) electrons. The van der Waals surface area contributed by atoms with E-state index in [1.165, 1.54) is 24.9 Å². The van der Waals surface area contributed by atoms with Gasteiger partial charge in [-0.25, -0.2) is 4.79 Å². The number of esters is 1. The second kappa shape index (κ2) is 5.50. The lowest BCUT2D eigenvalue weighted by Gasteiger charge is -2.05. The molecule has 0 atom stereocenters. The highest BCUT2D eigenvalue weighted by Gasteiger charge is 2.24. The molecule has 0 heterocycles. The molecule has 1 aromatic rings. The monoisotopic (exact) mass is 241 g/mol. The second-order valence-corrected chi connectivity index (χ2v) is 4.14. The molecule has 16 heavy (non-hydrogen) atoms. The molecule has 0 aliphatic heterocycles. The van der Waals surface area contributed by atoms with Crippen LogP contribution in [0.1, 0.15) is 17.3 Å². The highest BCUT2D eigenvalue weighted by atomic mass is 32.2. The molecule has 5 nitrogen and oxygen atoms in total. The molecule has 0 N–H and O–H groups in total. The number of ether oxygens (including phenoxy) is 1. The predicted molar refractivity (Wildman–Crippen MR) is 60.8 cm³/mol. The smallest absolute Gasteiger partial charge is 0.344 e. The molecule has 0 amide bonds. The van der Waals surface area contributed by atoms with Crippen LogP contribution in [-0.4, -0.2) is 23.8 Å². The molecular weight excluding hydrogens is 230 g/mol. The fourth-order valence-corrected chi connectivity index (χ4v) is 2.06. The largest absolute Gasteiger partial charge is 0.465 e. The first-order valence-electron chi connectivity index (χ1n) is 4.60. The number of nitrogens with zero attached hydrogens (tertiary/aromatic N) is 1. The predicted octanol–water partition coefficient (Wildman–Crippen LogP) is 2.49. The third kappa shape index (κ3) is 2.52. The summed E-state index contributed by atoms with van der Waals surface area (Å²) in [6.07, 6.45) is 0. The Bertz CT molecular complexity index is 419. The minimum atomic E-state index is -0.690. The van der Waals surface area contributed by atoms with E-state index in [1.54, 1.807) is 12.1 Å². The number of methoxy groups -OCH3 is 1. The van der Waals surface area contributed by atoms with Crippen LogP contribution in [0.25, 0.3) is 0 Å². The van der Waals surface area contributed by atoms with Gasteiger partial charge in [0, 0.05) is 0 Å². The first-order chi connectivity index (χ1) is 7.61. The van der Waals surface area contributed by atoms with E-state index in [4.69, 9.17) is 0 Å². The second-order valence-electron chi connectivity index (χ2n) is 2.83. The Balaban J connectivity index is 3.32. The Labute approximate surface area is 96.9 Å². The topological polar surface area (TPSA) is 69.4 Å². The van der Waals surface area contributed by atoms with Crippen molar-refractivity contribution in [3.05, 3.63) is 33.9 Å². The van der Waals surface area contributed by atoms with E-state index in [1.807, 2.05) is 6.92 Å². The molecule has 0 aliphatic carbocycles. The summed E-state index contributed by atoms with van der Waals surface area (Å²) in [6.45, 7) is 1.89. The summed E-state index contributed by atoms with van der Waals surface area (Å²) in [5, 5.41) is 10.9.